The van der Waals surface area contributed by atoms with E-state index >= 15 is 0 Å². The second-order valence-electron chi connectivity index (χ2n) is 6.23. The van der Waals surface area contributed by atoms with E-state index in [-0.39, 0.29) is 5.91 Å². The zero-order chi connectivity index (χ0) is 16.5. The minimum Gasteiger partial charge on any atom is -0.451 e. The predicted octanol–water partition coefficient (Wildman–Crippen LogP) is 2.99. The fourth-order valence-corrected chi connectivity index (χ4v) is 3.31. The highest BCUT2D eigenvalue weighted by atomic mass is 16.3. The van der Waals surface area contributed by atoms with Gasteiger partial charge in [0, 0.05) is 23.9 Å². The number of nitrogens with one attached hydrogen (secondary N) is 1. The molecule has 2 aromatic heterocycles. The summed E-state index contributed by atoms with van der Waals surface area (Å²) >= 11 is 0. The Bertz CT molecular complexity index is 894. The number of benzene rings is 1. The molecule has 0 bridgehead atoms. The number of para-hydroxylation sites is 1. The lowest BCUT2D eigenvalue weighted by atomic mass is 10.1. The van der Waals surface area contributed by atoms with Crippen molar-refractivity contribution in [3.05, 3.63) is 47.2 Å². The predicted molar refractivity (Wildman–Crippen MR) is 89.7 cm³/mol. The molecule has 4 rings (SSSR count). The first-order valence-electron chi connectivity index (χ1n) is 8.41. The summed E-state index contributed by atoms with van der Waals surface area (Å²) in [5.74, 6) is 1.99. The van der Waals surface area contributed by atoms with Crippen molar-refractivity contribution >= 4 is 16.9 Å². The summed E-state index contributed by atoms with van der Waals surface area (Å²) in [4.78, 5) is 12.5. The van der Waals surface area contributed by atoms with Gasteiger partial charge in [0.15, 0.2) is 11.6 Å². The van der Waals surface area contributed by atoms with E-state index in [1.165, 1.54) is 6.42 Å². The van der Waals surface area contributed by atoms with Gasteiger partial charge in [0.1, 0.15) is 11.4 Å². The minimum absolute atomic E-state index is 0.213. The largest absolute Gasteiger partial charge is 0.451 e. The molecule has 6 heteroatoms. The number of carbonyl (C=O) groups excluding carboxylic acids is 1. The van der Waals surface area contributed by atoms with Gasteiger partial charge in [-0.25, -0.2) is 0 Å². The second kappa shape index (κ2) is 6.11. The molecule has 0 unspecified atom stereocenters. The number of amides is 1. The number of fused-ring (bicyclic) bond motifs is 2. The SMILES string of the molecule is Cc1c(C(=O)NCc2nnc3n2CCCCC3)oc2ccccc12. The van der Waals surface area contributed by atoms with E-state index in [4.69, 9.17) is 4.42 Å². The number of carbonyl (C=O) groups is 1. The van der Waals surface area contributed by atoms with Gasteiger partial charge in [-0.1, -0.05) is 24.6 Å². The molecule has 0 saturated heterocycles. The molecule has 0 atom stereocenters. The van der Waals surface area contributed by atoms with E-state index in [1.54, 1.807) is 0 Å². The van der Waals surface area contributed by atoms with Crippen LogP contribution >= 0.6 is 0 Å². The van der Waals surface area contributed by atoms with Crippen molar-refractivity contribution in [1.82, 2.24) is 20.1 Å². The van der Waals surface area contributed by atoms with Crippen LogP contribution < -0.4 is 5.32 Å². The van der Waals surface area contributed by atoms with E-state index in [9.17, 15) is 4.79 Å². The van der Waals surface area contributed by atoms with Crippen LogP contribution in [0.4, 0.5) is 0 Å². The van der Waals surface area contributed by atoms with Crippen molar-refractivity contribution < 1.29 is 9.21 Å². The van der Waals surface area contributed by atoms with Gasteiger partial charge in [-0.2, -0.15) is 0 Å². The molecule has 1 aliphatic heterocycles. The third-order valence-electron chi connectivity index (χ3n) is 4.64. The minimum atomic E-state index is -0.213. The molecule has 6 nitrogen and oxygen atoms in total. The lowest BCUT2D eigenvalue weighted by Gasteiger charge is -2.07. The van der Waals surface area contributed by atoms with Crippen LogP contribution in [-0.4, -0.2) is 20.7 Å². The molecule has 1 amide bonds. The fourth-order valence-electron chi connectivity index (χ4n) is 3.31. The van der Waals surface area contributed by atoms with Crippen LogP contribution in [0, 0.1) is 6.92 Å². The third kappa shape index (κ3) is 2.58. The summed E-state index contributed by atoms with van der Waals surface area (Å²) in [5, 5.41) is 12.4. The van der Waals surface area contributed by atoms with Crippen LogP contribution in [0.25, 0.3) is 11.0 Å². The first-order valence-corrected chi connectivity index (χ1v) is 8.41. The van der Waals surface area contributed by atoms with Crippen molar-refractivity contribution in [3.63, 3.8) is 0 Å². The Morgan fingerprint density at radius 3 is 3.00 bits per heavy atom. The van der Waals surface area contributed by atoms with Crippen LogP contribution in [0.3, 0.4) is 0 Å². The number of nitrogens with zero attached hydrogens (tertiary/aromatic N) is 3. The highest BCUT2D eigenvalue weighted by Crippen LogP contribution is 2.24. The summed E-state index contributed by atoms with van der Waals surface area (Å²) in [6.07, 6.45) is 4.47. The van der Waals surface area contributed by atoms with Gasteiger partial charge < -0.3 is 14.3 Å². The Morgan fingerprint density at radius 2 is 2.12 bits per heavy atom. The highest BCUT2D eigenvalue weighted by Gasteiger charge is 2.19. The molecule has 0 radical (unpaired) electrons. The van der Waals surface area contributed by atoms with Gasteiger partial charge in [0.05, 0.1) is 6.54 Å². The molecule has 3 heterocycles. The normalized spacial score (nSPS) is 14.4. The quantitative estimate of drug-likeness (QED) is 0.804. The van der Waals surface area contributed by atoms with Gasteiger partial charge in [0.25, 0.3) is 5.91 Å². The van der Waals surface area contributed by atoms with Gasteiger partial charge in [-0.3, -0.25) is 4.79 Å². The molecule has 24 heavy (non-hydrogen) atoms. The molecule has 3 aromatic rings. The van der Waals surface area contributed by atoms with Crippen molar-refractivity contribution in [2.75, 3.05) is 0 Å². The zero-order valence-corrected chi connectivity index (χ0v) is 13.7. The van der Waals surface area contributed by atoms with Crippen molar-refractivity contribution in [1.29, 1.82) is 0 Å². The van der Waals surface area contributed by atoms with Gasteiger partial charge in [0.2, 0.25) is 0 Å². The summed E-state index contributed by atoms with van der Waals surface area (Å²) in [6.45, 7) is 3.20. The smallest absolute Gasteiger partial charge is 0.287 e. The second-order valence-corrected chi connectivity index (χ2v) is 6.23. The van der Waals surface area contributed by atoms with E-state index in [1.807, 2.05) is 31.2 Å². The molecular formula is C18H20N4O2. The average molecular weight is 324 g/mol. The number of aryl methyl sites for hydroxylation is 2. The molecule has 0 spiro atoms. The third-order valence-corrected chi connectivity index (χ3v) is 4.64. The lowest BCUT2D eigenvalue weighted by molar-refractivity contribution is 0.0923. The van der Waals surface area contributed by atoms with Crippen LogP contribution in [0.1, 0.15) is 47.0 Å². The fraction of sp³-hybridized carbons (Fsp3) is 0.389. The standard InChI is InChI=1S/C18H20N4O2/c1-12-13-7-4-5-8-14(13)24-17(12)18(23)19-11-16-21-20-15-9-3-2-6-10-22(15)16/h4-5,7-8H,2-3,6,9-11H2,1H3,(H,19,23). The van der Waals surface area contributed by atoms with E-state index in [0.717, 1.165) is 54.0 Å². The topological polar surface area (TPSA) is 73.0 Å². The van der Waals surface area contributed by atoms with Gasteiger partial charge in [-0.05, 0) is 25.8 Å². The molecule has 1 aliphatic rings. The van der Waals surface area contributed by atoms with Crippen molar-refractivity contribution in [2.24, 2.45) is 0 Å². The lowest BCUT2D eigenvalue weighted by Crippen LogP contribution is -2.25. The van der Waals surface area contributed by atoms with Crippen molar-refractivity contribution in [2.45, 2.75) is 45.7 Å². The van der Waals surface area contributed by atoms with E-state index in [2.05, 4.69) is 20.1 Å². The maximum absolute atomic E-state index is 12.5. The van der Waals surface area contributed by atoms with Crippen molar-refractivity contribution in [3.8, 4) is 0 Å². The van der Waals surface area contributed by atoms with Gasteiger partial charge >= 0.3 is 0 Å². The molecule has 1 aromatic carbocycles. The first-order chi connectivity index (χ1) is 11.7. The summed E-state index contributed by atoms with van der Waals surface area (Å²) in [7, 11) is 0. The van der Waals surface area contributed by atoms with Crippen LogP contribution in [0.15, 0.2) is 28.7 Å². The summed E-state index contributed by atoms with van der Waals surface area (Å²) < 4.78 is 7.85. The maximum Gasteiger partial charge on any atom is 0.287 e. The highest BCUT2D eigenvalue weighted by molar-refractivity contribution is 5.98. The van der Waals surface area contributed by atoms with Gasteiger partial charge in [-0.15, -0.1) is 10.2 Å². The Kier molecular flexibility index (Phi) is 3.80. The maximum atomic E-state index is 12.5. The Hall–Kier alpha value is -2.63. The van der Waals surface area contributed by atoms with Crippen LogP contribution in [0.5, 0.6) is 0 Å². The molecule has 1 N–H and O–H groups in total. The summed E-state index contributed by atoms with van der Waals surface area (Å²) in [6, 6.07) is 7.68. The average Bonchev–Trinajstić information content (AvgIpc) is 3.05. The molecular weight excluding hydrogens is 304 g/mol. The Morgan fingerprint density at radius 1 is 1.25 bits per heavy atom. The Labute approximate surface area is 139 Å². The Balaban J connectivity index is 1.52. The number of hydrogen-bond donors (Lipinski definition) is 1. The molecule has 0 aliphatic carbocycles. The number of furan rings is 1. The molecule has 0 fully saturated rings. The number of hydrogen-bond acceptors (Lipinski definition) is 4. The molecule has 0 saturated carbocycles. The van der Waals surface area contributed by atoms with Crippen LogP contribution in [0.2, 0.25) is 0 Å². The van der Waals surface area contributed by atoms with E-state index in [0.29, 0.717) is 12.3 Å². The monoisotopic (exact) mass is 324 g/mol. The zero-order valence-electron chi connectivity index (χ0n) is 13.7. The van der Waals surface area contributed by atoms with E-state index < -0.39 is 0 Å². The first kappa shape index (κ1) is 14.9. The summed E-state index contributed by atoms with van der Waals surface area (Å²) in [5.41, 5.74) is 1.60. The number of rotatable bonds is 3. The molecule has 124 valence electrons. The van der Waals surface area contributed by atoms with Crippen LogP contribution in [-0.2, 0) is 19.5 Å². The number of aromatic nitrogens is 3.